The summed E-state index contributed by atoms with van der Waals surface area (Å²) in [5.41, 5.74) is 3.91. The van der Waals surface area contributed by atoms with Crippen molar-refractivity contribution in [3.8, 4) is 0 Å². The second-order valence-corrected chi connectivity index (χ2v) is 8.89. The van der Waals surface area contributed by atoms with E-state index in [4.69, 9.17) is 9.98 Å². The fourth-order valence-corrected chi connectivity index (χ4v) is 4.11. The van der Waals surface area contributed by atoms with Crippen molar-refractivity contribution in [3.05, 3.63) is 51.2 Å². The molecule has 0 radical (unpaired) electrons. The first-order valence-electron chi connectivity index (χ1n) is 11.7. The first kappa shape index (κ1) is 25.3. The van der Waals surface area contributed by atoms with Gasteiger partial charge in [0.05, 0.1) is 29.3 Å². The fourth-order valence-electron chi connectivity index (χ4n) is 4.11. The summed E-state index contributed by atoms with van der Waals surface area (Å²) in [5.74, 6) is 0.181. The molecule has 0 saturated carbocycles. The summed E-state index contributed by atoms with van der Waals surface area (Å²) in [4.78, 5) is 37.6. The van der Waals surface area contributed by atoms with Gasteiger partial charge in [0.1, 0.15) is 5.71 Å². The number of fused-ring (bicyclic) bond motifs is 1. The molecular weight excluding hydrogens is 432 g/mol. The van der Waals surface area contributed by atoms with Crippen LogP contribution in [0, 0.1) is 0 Å². The molecule has 9 heteroatoms. The molecule has 0 atom stereocenters. The van der Waals surface area contributed by atoms with Crippen molar-refractivity contribution >= 4 is 28.7 Å². The molecule has 0 fully saturated rings. The van der Waals surface area contributed by atoms with Crippen LogP contribution in [0.4, 0.5) is 11.4 Å². The summed E-state index contributed by atoms with van der Waals surface area (Å²) in [6.07, 6.45) is 0. The minimum absolute atomic E-state index is 0.0105. The van der Waals surface area contributed by atoms with Gasteiger partial charge in [0.25, 0.3) is 11.5 Å². The normalized spacial score (nSPS) is 14.1. The summed E-state index contributed by atoms with van der Waals surface area (Å²) < 4.78 is 1.32. The number of likely N-dealkylation sites (N-methyl/N-ethyl adjacent to an activating group) is 1. The highest BCUT2D eigenvalue weighted by molar-refractivity contribution is 6.48. The number of aliphatic hydroxyl groups excluding tert-OH is 1. The Morgan fingerprint density at radius 2 is 1.94 bits per heavy atom. The van der Waals surface area contributed by atoms with Crippen LogP contribution in [0.1, 0.15) is 80.8 Å². The minimum atomic E-state index is -0.280. The number of nitrogens with one attached hydrogen (secondary N) is 1. The number of anilines is 1. The molecule has 2 aromatic rings. The molecule has 0 unspecified atom stereocenters. The van der Waals surface area contributed by atoms with E-state index in [2.05, 4.69) is 10.4 Å². The Morgan fingerprint density at radius 3 is 2.50 bits per heavy atom. The highest BCUT2D eigenvalue weighted by atomic mass is 16.3. The zero-order valence-corrected chi connectivity index (χ0v) is 21.0. The number of amides is 1. The summed E-state index contributed by atoms with van der Waals surface area (Å²) >= 11 is 0. The summed E-state index contributed by atoms with van der Waals surface area (Å²) in [6.45, 7) is 12.9. The topological polar surface area (TPSA) is 112 Å². The van der Waals surface area contributed by atoms with Gasteiger partial charge in [-0.3, -0.25) is 9.59 Å². The van der Waals surface area contributed by atoms with Gasteiger partial charge in [-0.2, -0.15) is 9.78 Å². The van der Waals surface area contributed by atoms with E-state index in [0.29, 0.717) is 47.2 Å². The molecule has 34 heavy (non-hydrogen) atoms. The lowest BCUT2D eigenvalue weighted by Gasteiger charge is -2.23. The second kappa shape index (κ2) is 10.3. The van der Waals surface area contributed by atoms with Crippen molar-refractivity contribution in [2.45, 2.75) is 53.4 Å². The molecule has 9 nitrogen and oxygen atoms in total. The van der Waals surface area contributed by atoms with Crippen molar-refractivity contribution in [2.75, 3.05) is 31.6 Å². The first-order chi connectivity index (χ1) is 16.1. The molecular formula is C25H34N6O3. The number of aliphatic imine (C=N–C) groups is 1. The average Bonchev–Trinajstić information content (AvgIpc) is 3.12. The Morgan fingerprint density at radius 1 is 1.24 bits per heavy atom. The van der Waals surface area contributed by atoms with Crippen LogP contribution in [0.25, 0.3) is 0 Å². The highest BCUT2D eigenvalue weighted by Crippen LogP contribution is 2.28. The van der Waals surface area contributed by atoms with Gasteiger partial charge in [-0.05, 0) is 43.9 Å². The lowest BCUT2D eigenvalue weighted by atomic mass is 9.96. The maximum atomic E-state index is 13.3. The smallest absolute Gasteiger partial charge is 0.278 e. The monoisotopic (exact) mass is 466 g/mol. The predicted octanol–water partition coefficient (Wildman–Crippen LogP) is 3.03. The van der Waals surface area contributed by atoms with Gasteiger partial charge in [-0.1, -0.05) is 27.7 Å². The van der Waals surface area contributed by atoms with Crippen molar-refractivity contribution in [1.29, 1.82) is 0 Å². The molecule has 0 bridgehead atoms. The number of hydrogen-bond acceptors (Lipinski definition) is 7. The van der Waals surface area contributed by atoms with Gasteiger partial charge in [0.2, 0.25) is 0 Å². The van der Waals surface area contributed by atoms with Crippen molar-refractivity contribution in [3.63, 3.8) is 0 Å². The third-order valence-corrected chi connectivity index (χ3v) is 5.86. The van der Waals surface area contributed by atoms with Crippen molar-refractivity contribution in [2.24, 2.45) is 10.1 Å². The molecule has 2 heterocycles. The Balaban J connectivity index is 2.21. The van der Waals surface area contributed by atoms with E-state index in [1.165, 1.54) is 4.68 Å². The van der Waals surface area contributed by atoms with E-state index in [1.807, 2.05) is 45.6 Å². The number of benzene rings is 1. The number of nitrogens with zero attached hydrogens (tertiary/aromatic N) is 5. The molecule has 0 spiro atoms. The largest absolute Gasteiger partial charge is 0.395 e. The zero-order chi connectivity index (χ0) is 25.2. The van der Waals surface area contributed by atoms with E-state index < -0.39 is 0 Å². The second-order valence-electron chi connectivity index (χ2n) is 8.89. The number of carbonyl (C=O) groups is 1. The molecule has 0 aliphatic carbocycles. The molecule has 1 aliphatic heterocycles. The number of aromatic nitrogens is 2. The van der Waals surface area contributed by atoms with Crippen LogP contribution in [0.5, 0.6) is 0 Å². The van der Waals surface area contributed by atoms with Crippen LogP contribution in [0.3, 0.4) is 0 Å². The van der Waals surface area contributed by atoms with Crippen LogP contribution < -0.4 is 15.8 Å². The highest BCUT2D eigenvalue weighted by Gasteiger charge is 2.29. The van der Waals surface area contributed by atoms with Gasteiger partial charge in [0.15, 0.2) is 5.82 Å². The van der Waals surface area contributed by atoms with Gasteiger partial charge in [-0.25, -0.2) is 9.98 Å². The third-order valence-electron chi connectivity index (χ3n) is 5.86. The molecule has 2 N–H and O–H groups in total. The van der Waals surface area contributed by atoms with Gasteiger partial charge >= 0.3 is 0 Å². The summed E-state index contributed by atoms with van der Waals surface area (Å²) in [7, 11) is 1.57. The Hall–Kier alpha value is -3.33. The Bertz CT molecular complexity index is 1210. The van der Waals surface area contributed by atoms with Crippen LogP contribution in [0.15, 0.2) is 33.1 Å². The van der Waals surface area contributed by atoms with E-state index in [1.54, 1.807) is 26.1 Å². The molecule has 0 saturated heterocycles. The van der Waals surface area contributed by atoms with E-state index in [-0.39, 0.29) is 29.9 Å². The third kappa shape index (κ3) is 4.65. The Labute approximate surface area is 200 Å². The molecule has 1 aromatic carbocycles. The maximum Gasteiger partial charge on any atom is 0.278 e. The number of carbonyl (C=O) groups excluding carboxylic acids is 1. The summed E-state index contributed by atoms with van der Waals surface area (Å²) in [6, 6.07) is 5.40. The average molecular weight is 467 g/mol. The number of hydrogen-bond donors (Lipinski definition) is 2. The maximum absolute atomic E-state index is 13.3. The number of rotatable bonds is 8. The van der Waals surface area contributed by atoms with Gasteiger partial charge in [-0.15, -0.1) is 0 Å². The fraction of sp³-hybridized carbons (Fsp3) is 0.480. The van der Waals surface area contributed by atoms with Crippen molar-refractivity contribution < 1.29 is 9.90 Å². The van der Waals surface area contributed by atoms with E-state index in [9.17, 15) is 14.7 Å². The molecule has 1 aromatic heterocycles. The van der Waals surface area contributed by atoms with Crippen LogP contribution in [-0.2, 0) is 0 Å². The zero-order valence-electron chi connectivity index (χ0n) is 21.0. The lowest BCUT2D eigenvalue weighted by Crippen LogP contribution is -2.28. The van der Waals surface area contributed by atoms with E-state index in [0.717, 1.165) is 11.4 Å². The van der Waals surface area contributed by atoms with Crippen LogP contribution >= 0.6 is 0 Å². The van der Waals surface area contributed by atoms with Crippen LogP contribution in [-0.4, -0.2) is 58.8 Å². The van der Waals surface area contributed by atoms with Gasteiger partial charge < -0.3 is 15.3 Å². The number of aliphatic hydroxyl groups is 1. The van der Waals surface area contributed by atoms with Gasteiger partial charge in [0, 0.05) is 31.4 Å². The summed E-state index contributed by atoms with van der Waals surface area (Å²) in [5, 5.41) is 16.5. The Kier molecular flexibility index (Phi) is 7.66. The quantitative estimate of drug-likeness (QED) is 0.621. The lowest BCUT2D eigenvalue weighted by molar-refractivity contribution is 0.0964. The molecule has 3 rings (SSSR count). The standard InChI is InChI=1S/C25H34N6O3/c1-8-30(11-12-32)17-9-10-19(18(13-17)24(33)26-7)27-22-16(6)29-31-23(22)28-21(15(4)5)20(14(2)3)25(31)34/h9-10,13-15,32H,8,11-12H2,1-7H3,(H,26,33). The minimum Gasteiger partial charge on any atom is -0.395 e. The van der Waals surface area contributed by atoms with Crippen molar-refractivity contribution in [1.82, 2.24) is 15.0 Å². The molecule has 182 valence electrons. The predicted molar refractivity (Wildman–Crippen MR) is 136 cm³/mol. The molecule has 1 amide bonds. The first-order valence-corrected chi connectivity index (χ1v) is 11.7. The SMILES string of the molecule is CCN(CCO)c1ccc(N=C2C(C)=Nn3c2nc(C(C)C)c(C(C)C)c3=O)c(C(=O)NC)c1. The molecule has 1 aliphatic rings. The van der Waals surface area contributed by atoms with Crippen LogP contribution in [0.2, 0.25) is 0 Å². The van der Waals surface area contributed by atoms with E-state index >= 15 is 0 Å².